The Morgan fingerprint density at radius 1 is 0.551 bits per heavy atom. The maximum atomic E-state index is 14.5. The number of carbonyl (C=O) groups is 1. The zero-order valence-electron chi connectivity index (χ0n) is 29.4. The van der Waals surface area contributed by atoms with Gasteiger partial charge in [-0.1, -0.05) is 193 Å². The van der Waals surface area contributed by atoms with Crippen molar-refractivity contribution in [1.29, 1.82) is 0 Å². The molecule has 0 aliphatic rings. The zero-order chi connectivity index (χ0) is 35.1. The minimum Gasteiger partial charge on any atom is -0.521 e. The van der Waals surface area contributed by atoms with Crippen LogP contribution in [-0.2, 0) is 20.3 Å². The van der Waals surface area contributed by atoms with Crippen LogP contribution in [0.2, 0.25) is 10.1 Å². The summed E-state index contributed by atoms with van der Waals surface area (Å²) in [4.78, 5) is 14.5. The van der Waals surface area contributed by atoms with Crippen LogP contribution in [0.4, 0.5) is 4.79 Å². The van der Waals surface area contributed by atoms with Gasteiger partial charge in [0.2, 0.25) is 5.88 Å². The smallest absolute Gasteiger partial charge is 0.440 e. The van der Waals surface area contributed by atoms with Crippen molar-refractivity contribution < 1.29 is 18.5 Å². The van der Waals surface area contributed by atoms with Gasteiger partial charge in [0.25, 0.3) is 8.32 Å². The molecule has 7 heteroatoms. The molecule has 0 fully saturated rings. The summed E-state index contributed by atoms with van der Waals surface area (Å²) < 4.78 is 20.6. The summed E-state index contributed by atoms with van der Waals surface area (Å²) in [5, 5.41) is 4.51. The van der Waals surface area contributed by atoms with E-state index in [1.54, 1.807) is 0 Å². The van der Waals surface area contributed by atoms with Gasteiger partial charge in [0.1, 0.15) is 6.61 Å². The first-order valence-electron chi connectivity index (χ1n) is 16.7. The lowest BCUT2D eigenvalue weighted by Gasteiger charge is -2.47. The summed E-state index contributed by atoms with van der Waals surface area (Å²) >= 11 is 0. The molecule has 252 valence electrons. The fourth-order valence-electron chi connectivity index (χ4n) is 6.59. The van der Waals surface area contributed by atoms with Crippen LogP contribution in [0.3, 0.4) is 0 Å². The largest absolute Gasteiger partial charge is 0.521 e. The molecule has 0 unspecified atom stereocenters. The summed E-state index contributed by atoms with van der Waals surface area (Å²) in [7, 11) is -6.53. The summed E-state index contributed by atoms with van der Waals surface area (Å²) in [6, 6.07) is 50.6. The maximum absolute atomic E-state index is 14.5. The van der Waals surface area contributed by atoms with Crippen molar-refractivity contribution in [2.24, 2.45) is 0 Å². The second-order valence-electron chi connectivity index (χ2n) is 14.2. The molecule has 5 nitrogen and oxygen atoms in total. The van der Waals surface area contributed by atoms with Gasteiger partial charge in [0.15, 0.2) is 0 Å². The average molecular weight is 686 g/mol. The Balaban J connectivity index is 1.70. The van der Waals surface area contributed by atoms with E-state index < -0.39 is 27.8 Å². The zero-order valence-corrected chi connectivity index (χ0v) is 31.4. The van der Waals surface area contributed by atoms with Crippen molar-refractivity contribution in [3.8, 4) is 0 Å². The third-order valence-corrected chi connectivity index (χ3v) is 18.7. The molecule has 0 radical (unpaired) electrons. The third kappa shape index (κ3) is 7.34. The summed E-state index contributed by atoms with van der Waals surface area (Å²) in [5.74, 6) is 0.0837. The molecule has 5 aromatic carbocycles. The van der Waals surface area contributed by atoms with Gasteiger partial charge in [-0.25, -0.2) is 4.79 Å². The molecule has 0 N–H and O–H groups in total. The van der Waals surface area contributed by atoms with Crippen molar-refractivity contribution in [3.63, 3.8) is 0 Å². The number of hydroxylamine groups is 2. The first kappa shape index (κ1) is 35.6. The highest BCUT2D eigenvalue weighted by atomic mass is 28.4. The van der Waals surface area contributed by atoms with Gasteiger partial charge in [-0.15, -0.1) is 5.06 Å². The number of rotatable bonds is 11. The Bertz CT molecular complexity index is 1730. The van der Waals surface area contributed by atoms with E-state index in [4.69, 9.17) is 13.7 Å². The van der Waals surface area contributed by atoms with Crippen molar-refractivity contribution in [3.05, 3.63) is 170 Å². The quantitative estimate of drug-likeness (QED) is 0.0800. The van der Waals surface area contributed by atoms with E-state index in [0.29, 0.717) is 0 Å². The normalized spacial score (nSPS) is 12.2. The summed E-state index contributed by atoms with van der Waals surface area (Å²) in [6.07, 6.45) is -0.695. The number of hydrogen-bond acceptors (Lipinski definition) is 4. The number of ether oxygens (including phenoxy) is 1. The Hall–Kier alpha value is -4.70. The molecule has 0 spiro atoms. The topological polar surface area (TPSA) is 48.0 Å². The molecule has 0 bridgehead atoms. The number of hydrogen-bond donors (Lipinski definition) is 0. The van der Waals surface area contributed by atoms with E-state index in [2.05, 4.69) is 96.7 Å². The van der Waals surface area contributed by atoms with Crippen molar-refractivity contribution >= 4 is 43.5 Å². The van der Waals surface area contributed by atoms with Gasteiger partial charge < -0.3 is 9.16 Å². The molecule has 0 atom stereocenters. The molecular formula is C42H47NO4Si2. The van der Waals surface area contributed by atoms with E-state index in [9.17, 15) is 4.79 Å². The second-order valence-corrected chi connectivity index (χ2v) is 22.7. The minimum absolute atomic E-state index is 0.0623. The van der Waals surface area contributed by atoms with Gasteiger partial charge in [-0.05, 0) is 43.0 Å². The maximum Gasteiger partial charge on any atom is 0.440 e. The van der Waals surface area contributed by atoms with Gasteiger partial charge >= 0.3 is 14.4 Å². The van der Waals surface area contributed by atoms with Crippen LogP contribution in [0, 0.1) is 0 Å². The van der Waals surface area contributed by atoms with Gasteiger partial charge in [-0.3, -0.25) is 4.53 Å². The molecule has 5 aromatic rings. The predicted molar refractivity (Wildman–Crippen MR) is 205 cm³/mol. The van der Waals surface area contributed by atoms with Crippen LogP contribution >= 0.6 is 0 Å². The van der Waals surface area contributed by atoms with Crippen molar-refractivity contribution in [2.75, 3.05) is 0 Å². The fourth-order valence-corrected chi connectivity index (χ4v) is 15.3. The predicted octanol–water partition coefficient (Wildman–Crippen LogP) is 8.16. The highest BCUT2D eigenvalue weighted by Gasteiger charge is 2.56. The van der Waals surface area contributed by atoms with Crippen molar-refractivity contribution in [2.45, 2.75) is 58.2 Å². The first-order valence-corrected chi connectivity index (χ1v) is 20.5. The van der Waals surface area contributed by atoms with Gasteiger partial charge in [0, 0.05) is 0 Å². The van der Waals surface area contributed by atoms with Crippen LogP contribution in [0.1, 0.15) is 47.1 Å². The van der Waals surface area contributed by atoms with Crippen LogP contribution in [0.15, 0.2) is 164 Å². The number of nitrogens with zero attached hydrogens (tertiary/aromatic N) is 1. The lowest BCUT2D eigenvalue weighted by molar-refractivity contribution is -0.0586. The van der Waals surface area contributed by atoms with E-state index in [1.165, 1.54) is 5.06 Å². The highest BCUT2D eigenvalue weighted by molar-refractivity contribution is 7.00. The lowest BCUT2D eigenvalue weighted by Crippen LogP contribution is -2.70. The van der Waals surface area contributed by atoms with E-state index in [0.717, 1.165) is 26.3 Å². The second kappa shape index (κ2) is 14.8. The standard InChI is InChI=1S/C42H47NO4Si2/c1-34(46-48(41(2,3)4,36-25-15-9-16-26-36)37-27-17-10-18-28-37)43(40(44)45-33-35-23-13-8-14-24-35)47-49(42(5,6)7,38-29-19-11-20-30-38)39-31-21-12-22-32-39/h8-32H,1,33H2,2-7H3. The Morgan fingerprint density at radius 2 is 0.878 bits per heavy atom. The van der Waals surface area contributed by atoms with Crippen LogP contribution < -0.4 is 20.7 Å². The average Bonchev–Trinajstić information content (AvgIpc) is 3.11. The molecular weight excluding hydrogens is 639 g/mol. The molecule has 49 heavy (non-hydrogen) atoms. The van der Waals surface area contributed by atoms with Crippen LogP contribution in [-0.4, -0.2) is 27.8 Å². The molecule has 0 aromatic heterocycles. The monoisotopic (exact) mass is 685 g/mol. The molecule has 1 amide bonds. The molecule has 5 rings (SSSR count). The molecule has 0 saturated carbocycles. The Morgan fingerprint density at radius 3 is 1.22 bits per heavy atom. The lowest BCUT2D eigenvalue weighted by atomic mass is 10.2. The van der Waals surface area contributed by atoms with E-state index in [1.807, 2.05) is 103 Å². The number of benzene rings is 5. The van der Waals surface area contributed by atoms with E-state index in [-0.39, 0.29) is 17.5 Å². The van der Waals surface area contributed by atoms with E-state index >= 15 is 0 Å². The number of amides is 1. The SMILES string of the molecule is C=C(O[Si](c1ccccc1)(c1ccccc1)C(C)(C)C)N(O[Si](c1ccccc1)(c1ccccc1)C(C)(C)C)C(=O)OCc1ccccc1. The number of carbonyl (C=O) groups excluding carboxylic acids is 1. The van der Waals surface area contributed by atoms with Crippen LogP contribution in [0.5, 0.6) is 0 Å². The molecule has 0 aliphatic carbocycles. The molecule has 0 saturated heterocycles. The summed E-state index contributed by atoms with van der Waals surface area (Å²) in [6.45, 7) is 17.6. The van der Waals surface area contributed by atoms with Crippen molar-refractivity contribution in [1.82, 2.24) is 5.06 Å². The third-order valence-electron chi connectivity index (χ3n) is 8.93. The molecule has 0 aliphatic heterocycles. The van der Waals surface area contributed by atoms with Gasteiger partial charge in [0.05, 0.1) is 0 Å². The first-order chi connectivity index (χ1) is 23.4. The Labute approximate surface area is 294 Å². The highest BCUT2D eigenvalue weighted by Crippen LogP contribution is 2.41. The fraction of sp³-hybridized carbons (Fsp3) is 0.214. The minimum atomic E-state index is -3.33. The summed E-state index contributed by atoms with van der Waals surface area (Å²) in [5.41, 5.74) is 0.861. The molecule has 0 heterocycles. The van der Waals surface area contributed by atoms with Gasteiger partial charge in [-0.2, -0.15) is 0 Å². The van der Waals surface area contributed by atoms with Crippen LogP contribution in [0.25, 0.3) is 0 Å². The Kier molecular flexibility index (Phi) is 10.8.